The van der Waals surface area contributed by atoms with E-state index in [0.717, 1.165) is 12.8 Å². The van der Waals surface area contributed by atoms with Gasteiger partial charge in [0.1, 0.15) is 17.2 Å². The number of piperidine rings is 1. The van der Waals surface area contributed by atoms with Gasteiger partial charge in [-0.15, -0.1) is 0 Å². The first-order valence-electron chi connectivity index (χ1n) is 8.58. The van der Waals surface area contributed by atoms with Crippen LogP contribution in [-0.4, -0.2) is 47.2 Å². The van der Waals surface area contributed by atoms with Crippen molar-refractivity contribution >= 4 is 12.0 Å². The Morgan fingerprint density at radius 1 is 1.16 bits per heavy atom. The predicted molar refractivity (Wildman–Crippen MR) is 95.6 cm³/mol. The quantitative estimate of drug-likeness (QED) is 0.601. The molecule has 7 nitrogen and oxygen atoms in total. The molecule has 0 bridgehead atoms. The van der Waals surface area contributed by atoms with Gasteiger partial charge in [0.2, 0.25) is 0 Å². The smallest absolute Gasteiger partial charge is 0.410 e. The first-order chi connectivity index (χ1) is 11.4. The molecule has 0 unspecified atom stereocenters. The topological polar surface area (TPSA) is 94.5 Å². The molecule has 0 aromatic heterocycles. The normalized spacial score (nSPS) is 16.8. The number of hydrogen-bond acceptors (Lipinski definition) is 5. The molecule has 140 valence electrons. The lowest BCUT2D eigenvalue weighted by Gasteiger charge is -2.33. The van der Waals surface area contributed by atoms with Crippen LogP contribution in [0.1, 0.15) is 54.4 Å². The second-order valence-electron chi connectivity index (χ2n) is 8.28. The molecule has 1 rings (SSSR count). The molecule has 1 aliphatic rings. The van der Waals surface area contributed by atoms with Gasteiger partial charge in [0.15, 0.2) is 0 Å². The van der Waals surface area contributed by atoms with Crippen molar-refractivity contribution in [2.75, 3.05) is 13.1 Å². The summed E-state index contributed by atoms with van der Waals surface area (Å²) >= 11 is 0. The van der Waals surface area contributed by atoms with E-state index in [0.29, 0.717) is 13.1 Å². The minimum absolute atomic E-state index is 0.0458. The number of nitrogens with zero attached hydrogens (tertiary/aromatic N) is 2. The van der Waals surface area contributed by atoms with Crippen molar-refractivity contribution in [2.45, 2.75) is 71.6 Å². The van der Waals surface area contributed by atoms with E-state index < -0.39 is 17.0 Å². The maximum absolute atomic E-state index is 12.0. The van der Waals surface area contributed by atoms with Crippen molar-refractivity contribution < 1.29 is 14.3 Å². The Morgan fingerprint density at radius 2 is 1.72 bits per heavy atom. The van der Waals surface area contributed by atoms with Crippen LogP contribution in [0.15, 0.2) is 11.8 Å². The maximum Gasteiger partial charge on any atom is 0.410 e. The number of carbonyl (C=O) groups is 2. The fourth-order valence-corrected chi connectivity index (χ4v) is 2.31. The van der Waals surface area contributed by atoms with E-state index in [9.17, 15) is 9.59 Å². The number of nitrogens with one attached hydrogen (secondary N) is 2. The molecule has 1 aliphatic heterocycles. The largest absolute Gasteiger partial charge is 0.444 e. The summed E-state index contributed by atoms with van der Waals surface area (Å²) in [5, 5.41) is 15.0. The lowest BCUT2D eigenvalue weighted by molar-refractivity contribution is -0.118. The van der Waals surface area contributed by atoms with Gasteiger partial charge in [-0.25, -0.2) is 4.79 Å². The highest BCUT2D eigenvalue weighted by Gasteiger charge is 2.26. The summed E-state index contributed by atoms with van der Waals surface area (Å²) in [4.78, 5) is 25.7. The minimum Gasteiger partial charge on any atom is -0.444 e. The molecule has 0 aliphatic carbocycles. The Labute approximate surface area is 150 Å². The molecule has 2 N–H and O–H groups in total. The SMILES string of the molecule is CC(C)(C)NC(=O)/C(C#N)=C\NC1CCN(C(=O)OC(C)(C)C)CC1. The average Bonchev–Trinajstić information content (AvgIpc) is 2.44. The molecule has 1 heterocycles. The molecule has 0 radical (unpaired) electrons. The van der Waals surface area contributed by atoms with Crippen LogP contribution in [0.5, 0.6) is 0 Å². The molecule has 7 heteroatoms. The van der Waals surface area contributed by atoms with E-state index in [1.165, 1.54) is 6.20 Å². The van der Waals surface area contributed by atoms with Gasteiger partial charge in [-0.3, -0.25) is 4.79 Å². The third-order valence-electron chi connectivity index (χ3n) is 3.46. The van der Waals surface area contributed by atoms with Crippen LogP contribution in [-0.2, 0) is 9.53 Å². The maximum atomic E-state index is 12.0. The Morgan fingerprint density at radius 3 is 2.16 bits per heavy atom. The zero-order valence-corrected chi connectivity index (χ0v) is 16.1. The average molecular weight is 350 g/mol. The van der Waals surface area contributed by atoms with Gasteiger partial charge in [-0.2, -0.15) is 5.26 Å². The van der Waals surface area contributed by atoms with E-state index in [1.807, 2.05) is 47.6 Å². The molecule has 1 fully saturated rings. The van der Waals surface area contributed by atoms with Gasteiger partial charge in [0.25, 0.3) is 5.91 Å². The molecule has 0 aromatic rings. The Kier molecular flexibility index (Phi) is 6.86. The number of hydrogen-bond donors (Lipinski definition) is 2. The highest BCUT2D eigenvalue weighted by Crippen LogP contribution is 2.15. The summed E-state index contributed by atoms with van der Waals surface area (Å²) < 4.78 is 5.36. The first kappa shape index (κ1) is 20.8. The third-order valence-corrected chi connectivity index (χ3v) is 3.46. The second-order valence-corrected chi connectivity index (χ2v) is 8.28. The monoisotopic (exact) mass is 350 g/mol. The number of nitriles is 1. The summed E-state index contributed by atoms with van der Waals surface area (Å²) in [5.74, 6) is -0.395. The van der Waals surface area contributed by atoms with Crippen LogP contribution in [0.4, 0.5) is 4.79 Å². The van der Waals surface area contributed by atoms with Crippen LogP contribution in [0.25, 0.3) is 0 Å². The van der Waals surface area contributed by atoms with Gasteiger partial charge in [0, 0.05) is 30.9 Å². The molecule has 0 atom stereocenters. The van der Waals surface area contributed by atoms with Crippen molar-refractivity contribution in [3.63, 3.8) is 0 Å². The van der Waals surface area contributed by atoms with Gasteiger partial charge < -0.3 is 20.3 Å². The van der Waals surface area contributed by atoms with Crippen molar-refractivity contribution in [3.05, 3.63) is 11.8 Å². The van der Waals surface area contributed by atoms with Crippen molar-refractivity contribution in [2.24, 2.45) is 0 Å². The fourth-order valence-electron chi connectivity index (χ4n) is 2.31. The molecule has 25 heavy (non-hydrogen) atoms. The van der Waals surface area contributed by atoms with Crippen LogP contribution < -0.4 is 10.6 Å². The summed E-state index contributed by atoms with van der Waals surface area (Å²) in [6, 6.07) is 2.03. The zero-order valence-electron chi connectivity index (χ0n) is 16.1. The Hall–Kier alpha value is -2.23. The van der Waals surface area contributed by atoms with Crippen LogP contribution in [0.3, 0.4) is 0 Å². The van der Waals surface area contributed by atoms with Crippen LogP contribution >= 0.6 is 0 Å². The number of likely N-dealkylation sites (tertiary alicyclic amines) is 1. The molecule has 0 aromatic carbocycles. The van der Waals surface area contributed by atoms with Gasteiger partial charge in [-0.1, -0.05) is 0 Å². The highest BCUT2D eigenvalue weighted by molar-refractivity contribution is 5.97. The minimum atomic E-state index is -0.503. The zero-order chi connectivity index (χ0) is 19.3. The number of rotatable bonds is 3. The van der Waals surface area contributed by atoms with E-state index in [-0.39, 0.29) is 17.7 Å². The number of amides is 2. The standard InChI is InChI=1S/C18H30N4O3/c1-17(2,3)21-15(23)13(11-19)12-20-14-7-9-22(10-8-14)16(24)25-18(4,5)6/h12,14,20H,7-10H2,1-6H3,(H,21,23)/b13-12-. The second kappa shape index (κ2) is 8.24. The first-order valence-corrected chi connectivity index (χ1v) is 8.58. The lowest BCUT2D eigenvalue weighted by atomic mass is 10.1. The molecular weight excluding hydrogens is 320 g/mol. The molecule has 1 saturated heterocycles. The van der Waals surface area contributed by atoms with E-state index in [2.05, 4.69) is 10.6 Å². The van der Waals surface area contributed by atoms with E-state index >= 15 is 0 Å². The lowest BCUT2D eigenvalue weighted by Crippen LogP contribution is -2.46. The summed E-state index contributed by atoms with van der Waals surface area (Å²) in [6.45, 7) is 12.3. The third kappa shape index (κ3) is 7.92. The Bertz CT molecular complexity index is 556. The predicted octanol–water partition coefficient (Wildman–Crippen LogP) is 2.30. The Balaban J connectivity index is 2.51. The fraction of sp³-hybridized carbons (Fsp3) is 0.722. The van der Waals surface area contributed by atoms with Crippen LogP contribution in [0, 0.1) is 11.3 Å². The van der Waals surface area contributed by atoms with Crippen molar-refractivity contribution in [1.82, 2.24) is 15.5 Å². The highest BCUT2D eigenvalue weighted by atomic mass is 16.6. The van der Waals surface area contributed by atoms with E-state index in [1.54, 1.807) is 4.90 Å². The van der Waals surface area contributed by atoms with Crippen molar-refractivity contribution in [1.29, 1.82) is 5.26 Å². The molecule has 0 saturated carbocycles. The molecular formula is C18H30N4O3. The number of ether oxygens (including phenoxy) is 1. The molecule has 2 amide bonds. The summed E-state index contributed by atoms with van der Waals surface area (Å²) in [5.41, 5.74) is -0.854. The van der Waals surface area contributed by atoms with Gasteiger partial charge in [0.05, 0.1) is 0 Å². The summed E-state index contributed by atoms with van der Waals surface area (Å²) in [7, 11) is 0. The summed E-state index contributed by atoms with van der Waals surface area (Å²) in [6.07, 6.45) is 2.63. The van der Waals surface area contributed by atoms with Gasteiger partial charge >= 0.3 is 6.09 Å². The van der Waals surface area contributed by atoms with Crippen molar-refractivity contribution in [3.8, 4) is 6.07 Å². The molecule has 0 spiro atoms. The van der Waals surface area contributed by atoms with Crippen LogP contribution in [0.2, 0.25) is 0 Å². The van der Waals surface area contributed by atoms with Gasteiger partial charge in [-0.05, 0) is 54.4 Å². The number of carbonyl (C=O) groups excluding carboxylic acids is 2. The van der Waals surface area contributed by atoms with E-state index in [4.69, 9.17) is 10.00 Å².